The van der Waals surface area contributed by atoms with Crippen molar-refractivity contribution in [1.82, 2.24) is 4.72 Å². The highest BCUT2D eigenvalue weighted by molar-refractivity contribution is 7.89. The molecule has 0 amide bonds. The third kappa shape index (κ3) is 4.56. The fourth-order valence-electron chi connectivity index (χ4n) is 1.22. The van der Waals surface area contributed by atoms with Crippen molar-refractivity contribution < 1.29 is 18.3 Å². The number of aliphatic imine (C=N–C) groups is 1. The van der Waals surface area contributed by atoms with Crippen LogP contribution in [0, 0.1) is 0 Å². The highest BCUT2D eigenvalue weighted by atomic mass is 32.2. The maximum absolute atomic E-state index is 11.9. The largest absolute Gasteiger partial charge is 0.480 e. The van der Waals surface area contributed by atoms with E-state index in [2.05, 4.69) is 4.99 Å². The van der Waals surface area contributed by atoms with Crippen LogP contribution >= 0.6 is 0 Å². The molecular weight excluding hydrogens is 272 g/mol. The minimum absolute atomic E-state index is 0.0362. The zero-order valence-corrected chi connectivity index (χ0v) is 10.7. The Kier molecular flexibility index (Phi) is 4.84. The van der Waals surface area contributed by atoms with Gasteiger partial charge in [0.2, 0.25) is 10.0 Å². The number of guanidine groups is 1. The van der Waals surface area contributed by atoms with Crippen LogP contribution in [0.5, 0.6) is 0 Å². The predicted molar refractivity (Wildman–Crippen MR) is 68.9 cm³/mol. The molecule has 0 aliphatic heterocycles. The number of aliphatic carboxylic acids is 1. The Morgan fingerprint density at radius 1 is 1.32 bits per heavy atom. The van der Waals surface area contributed by atoms with Gasteiger partial charge in [-0.2, -0.15) is 4.72 Å². The second-order valence-electron chi connectivity index (χ2n) is 3.59. The molecule has 104 valence electrons. The lowest BCUT2D eigenvalue weighted by Crippen LogP contribution is -2.43. The van der Waals surface area contributed by atoms with Gasteiger partial charge in [-0.3, -0.25) is 9.79 Å². The van der Waals surface area contributed by atoms with Gasteiger partial charge in [-0.25, -0.2) is 8.42 Å². The van der Waals surface area contributed by atoms with Gasteiger partial charge < -0.3 is 16.6 Å². The van der Waals surface area contributed by atoms with Crippen molar-refractivity contribution in [2.45, 2.75) is 10.9 Å². The number of carboxylic acids is 1. The first-order chi connectivity index (χ1) is 8.83. The first kappa shape index (κ1) is 14.9. The normalized spacial score (nSPS) is 12.6. The molecule has 1 aromatic rings. The number of rotatable bonds is 6. The molecule has 0 bridgehead atoms. The third-order valence-electron chi connectivity index (χ3n) is 2.11. The summed E-state index contributed by atoms with van der Waals surface area (Å²) in [4.78, 5) is 14.4. The monoisotopic (exact) mass is 286 g/mol. The lowest BCUT2D eigenvalue weighted by molar-refractivity contribution is -0.138. The molecule has 1 rings (SSSR count). The van der Waals surface area contributed by atoms with E-state index in [4.69, 9.17) is 16.6 Å². The maximum Gasteiger partial charge on any atom is 0.323 e. The molecule has 0 unspecified atom stereocenters. The number of nitrogens with zero attached hydrogens (tertiary/aromatic N) is 1. The standard InChI is InChI=1S/C10H14N4O4S/c11-10(12)13-6-8(9(15)16)14-19(17,18)7-4-2-1-3-5-7/h1-5,8,14H,6H2,(H,15,16)(H4,11,12,13)/t8-/m1/s1. The number of hydrogen-bond acceptors (Lipinski definition) is 4. The highest BCUT2D eigenvalue weighted by Crippen LogP contribution is 2.08. The van der Waals surface area contributed by atoms with Crippen LogP contribution < -0.4 is 16.2 Å². The third-order valence-corrected chi connectivity index (χ3v) is 3.59. The first-order valence-corrected chi connectivity index (χ1v) is 6.67. The Balaban J connectivity index is 2.91. The van der Waals surface area contributed by atoms with Crippen LogP contribution in [0.2, 0.25) is 0 Å². The molecule has 0 saturated heterocycles. The number of carboxylic acid groups (broad SMARTS) is 1. The molecule has 0 aromatic heterocycles. The molecule has 0 fully saturated rings. The summed E-state index contributed by atoms with van der Waals surface area (Å²) in [6.07, 6.45) is 0. The second kappa shape index (κ2) is 6.16. The molecule has 6 N–H and O–H groups in total. The number of hydrogen-bond donors (Lipinski definition) is 4. The van der Waals surface area contributed by atoms with Gasteiger partial charge in [-0.05, 0) is 12.1 Å². The Labute approximate surface area is 110 Å². The summed E-state index contributed by atoms with van der Waals surface area (Å²) in [5, 5.41) is 8.92. The zero-order chi connectivity index (χ0) is 14.5. The van der Waals surface area contributed by atoms with Gasteiger partial charge in [0.05, 0.1) is 11.4 Å². The molecule has 0 saturated carbocycles. The van der Waals surface area contributed by atoms with E-state index < -0.39 is 22.0 Å². The van der Waals surface area contributed by atoms with Gasteiger partial charge in [-0.15, -0.1) is 0 Å². The SMILES string of the molecule is NC(N)=NC[C@@H](NS(=O)(=O)c1ccccc1)C(=O)O. The lowest BCUT2D eigenvalue weighted by Gasteiger charge is -2.12. The van der Waals surface area contributed by atoms with Gasteiger partial charge >= 0.3 is 5.97 Å². The number of sulfonamides is 1. The van der Waals surface area contributed by atoms with Crippen LogP contribution in [0.1, 0.15) is 0 Å². The van der Waals surface area contributed by atoms with E-state index in [0.717, 1.165) is 0 Å². The summed E-state index contributed by atoms with van der Waals surface area (Å²) in [6.45, 7) is -0.385. The molecule has 9 heteroatoms. The van der Waals surface area contributed by atoms with E-state index in [1.165, 1.54) is 24.3 Å². The summed E-state index contributed by atoms with van der Waals surface area (Å²) >= 11 is 0. The summed E-state index contributed by atoms with van der Waals surface area (Å²) in [7, 11) is -3.93. The van der Waals surface area contributed by atoms with E-state index in [1.54, 1.807) is 6.07 Å². The molecule has 8 nitrogen and oxygen atoms in total. The molecule has 1 atom stereocenters. The Morgan fingerprint density at radius 3 is 2.37 bits per heavy atom. The molecular formula is C10H14N4O4S. The topological polar surface area (TPSA) is 148 Å². The summed E-state index contributed by atoms with van der Waals surface area (Å²) in [5.41, 5.74) is 10.1. The van der Waals surface area contributed by atoms with Crippen molar-refractivity contribution >= 4 is 22.0 Å². The van der Waals surface area contributed by atoms with Crippen LogP contribution in [0.4, 0.5) is 0 Å². The van der Waals surface area contributed by atoms with Crippen molar-refractivity contribution in [2.75, 3.05) is 6.54 Å². The molecule has 0 radical (unpaired) electrons. The molecule has 0 aliphatic carbocycles. The zero-order valence-electron chi connectivity index (χ0n) is 9.85. The molecule has 0 heterocycles. The molecule has 19 heavy (non-hydrogen) atoms. The average Bonchev–Trinajstić information content (AvgIpc) is 2.35. The average molecular weight is 286 g/mol. The fourth-order valence-corrected chi connectivity index (χ4v) is 2.42. The van der Waals surface area contributed by atoms with E-state index in [-0.39, 0.29) is 17.4 Å². The predicted octanol–water partition coefficient (Wildman–Crippen LogP) is -1.31. The summed E-state index contributed by atoms with van der Waals surface area (Å²) < 4.78 is 25.8. The van der Waals surface area contributed by atoms with Crippen LogP contribution in [0.25, 0.3) is 0 Å². The highest BCUT2D eigenvalue weighted by Gasteiger charge is 2.24. The van der Waals surface area contributed by atoms with Crippen LogP contribution in [-0.2, 0) is 14.8 Å². The van der Waals surface area contributed by atoms with E-state index in [9.17, 15) is 13.2 Å². The summed E-state index contributed by atoms with van der Waals surface area (Å²) in [6, 6.07) is 5.96. The van der Waals surface area contributed by atoms with Crippen molar-refractivity contribution in [3.63, 3.8) is 0 Å². The van der Waals surface area contributed by atoms with Crippen molar-refractivity contribution in [3.05, 3.63) is 30.3 Å². The minimum atomic E-state index is -3.93. The number of carbonyl (C=O) groups is 1. The smallest absolute Gasteiger partial charge is 0.323 e. The van der Waals surface area contributed by atoms with Gasteiger partial charge in [0.25, 0.3) is 0 Å². The number of nitrogens with one attached hydrogen (secondary N) is 1. The van der Waals surface area contributed by atoms with Gasteiger partial charge in [0.15, 0.2) is 5.96 Å². The lowest BCUT2D eigenvalue weighted by atomic mass is 10.3. The van der Waals surface area contributed by atoms with E-state index >= 15 is 0 Å². The summed E-state index contributed by atoms with van der Waals surface area (Å²) in [5.74, 6) is -1.69. The van der Waals surface area contributed by atoms with Crippen LogP contribution in [-0.4, -0.2) is 38.0 Å². The van der Waals surface area contributed by atoms with Crippen molar-refractivity contribution in [2.24, 2.45) is 16.5 Å². The first-order valence-electron chi connectivity index (χ1n) is 5.18. The Bertz CT molecular complexity index is 566. The Morgan fingerprint density at radius 2 is 1.89 bits per heavy atom. The van der Waals surface area contributed by atoms with Crippen LogP contribution in [0.3, 0.4) is 0 Å². The van der Waals surface area contributed by atoms with Crippen LogP contribution in [0.15, 0.2) is 40.2 Å². The quantitative estimate of drug-likeness (QED) is 0.377. The second-order valence-corrected chi connectivity index (χ2v) is 5.30. The number of nitrogens with two attached hydrogens (primary N) is 2. The van der Waals surface area contributed by atoms with Crippen molar-refractivity contribution in [1.29, 1.82) is 0 Å². The number of benzene rings is 1. The van der Waals surface area contributed by atoms with Gasteiger partial charge in [0.1, 0.15) is 6.04 Å². The minimum Gasteiger partial charge on any atom is -0.480 e. The molecule has 0 aliphatic rings. The van der Waals surface area contributed by atoms with Gasteiger partial charge in [-0.1, -0.05) is 18.2 Å². The maximum atomic E-state index is 11.9. The molecule has 0 spiro atoms. The molecule has 1 aromatic carbocycles. The van der Waals surface area contributed by atoms with Crippen molar-refractivity contribution in [3.8, 4) is 0 Å². The van der Waals surface area contributed by atoms with E-state index in [0.29, 0.717) is 0 Å². The van der Waals surface area contributed by atoms with Gasteiger partial charge in [0, 0.05) is 0 Å². The fraction of sp³-hybridized carbons (Fsp3) is 0.200. The van der Waals surface area contributed by atoms with E-state index in [1.807, 2.05) is 4.72 Å². The Hall–Kier alpha value is -2.13.